The maximum atomic E-state index is 12.5. The highest BCUT2D eigenvalue weighted by atomic mass is 35.5. The standard InChI is InChI=1S/C16H14Cl2N2O3S/c17-13-7-6-12(10-14(13)18)24(22,23)19-15-8-9-20(16(15)21)11-4-2-1-3-5-11/h1-7,10,15,19H,8-9H2. The molecule has 1 aliphatic heterocycles. The highest BCUT2D eigenvalue weighted by molar-refractivity contribution is 7.89. The fourth-order valence-corrected chi connectivity index (χ4v) is 4.17. The number of halogens is 2. The second-order valence-corrected chi connectivity index (χ2v) is 7.89. The molecule has 1 fully saturated rings. The first-order valence-corrected chi connectivity index (χ1v) is 9.46. The summed E-state index contributed by atoms with van der Waals surface area (Å²) in [7, 11) is -3.86. The Kier molecular flexibility index (Phi) is 4.83. The fourth-order valence-electron chi connectivity index (χ4n) is 2.55. The van der Waals surface area contributed by atoms with Crippen LogP contribution in [-0.2, 0) is 14.8 Å². The maximum Gasteiger partial charge on any atom is 0.245 e. The molecule has 0 aliphatic carbocycles. The van der Waals surface area contributed by atoms with Crippen LogP contribution in [0.2, 0.25) is 10.0 Å². The van der Waals surface area contributed by atoms with Gasteiger partial charge in [0.25, 0.3) is 0 Å². The van der Waals surface area contributed by atoms with Crippen LogP contribution in [0.3, 0.4) is 0 Å². The van der Waals surface area contributed by atoms with Gasteiger partial charge in [-0.05, 0) is 36.8 Å². The van der Waals surface area contributed by atoms with E-state index in [0.29, 0.717) is 13.0 Å². The molecule has 2 aromatic carbocycles. The van der Waals surface area contributed by atoms with Gasteiger partial charge in [0.15, 0.2) is 0 Å². The van der Waals surface area contributed by atoms with Gasteiger partial charge >= 0.3 is 0 Å². The van der Waals surface area contributed by atoms with Crippen LogP contribution < -0.4 is 9.62 Å². The summed E-state index contributed by atoms with van der Waals surface area (Å²) in [6.45, 7) is 0.456. The van der Waals surface area contributed by atoms with Crippen LogP contribution in [0.25, 0.3) is 0 Å². The van der Waals surface area contributed by atoms with Gasteiger partial charge in [-0.25, -0.2) is 8.42 Å². The van der Waals surface area contributed by atoms with Gasteiger partial charge in [-0.1, -0.05) is 41.4 Å². The monoisotopic (exact) mass is 384 g/mol. The van der Waals surface area contributed by atoms with Crippen molar-refractivity contribution in [1.82, 2.24) is 4.72 Å². The summed E-state index contributed by atoms with van der Waals surface area (Å²) in [5.41, 5.74) is 0.749. The molecule has 3 rings (SSSR count). The minimum absolute atomic E-state index is 0.0251. The molecule has 126 valence electrons. The molecule has 0 aromatic heterocycles. The van der Waals surface area contributed by atoms with E-state index in [1.165, 1.54) is 18.2 Å². The number of carbonyl (C=O) groups excluding carboxylic acids is 1. The minimum atomic E-state index is -3.86. The summed E-state index contributed by atoms with van der Waals surface area (Å²) in [4.78, 5) is 14.0. The number of sulfonamides is 1. The lowest BCUT2D eigenvalue weighted by Gasteiger charge is -2.17. The number of carbonyl (C=O) groups is 1. The quantitative estimate of drug-likeness (QED) is 0.880. The molecule has 1 atom stereocenters. The molecule has 24 heavy (non-hydrogen) atoms. The van der Waals surface area contributed by atoms with Crippen LogP contribution in [0.15, 0.2) is 53.4 Å². The van der Waals surface area contributed by atoms with E-state index in [9.17, 15) is 13.2 Å². The maximum absolute atomic E-state index is 12.5. The third kappa shape index (κ3) is 3.42. The summed E-state index contributed by atoms with van der Waals surface area (Å²) in [6.07, 6.45) is 0.397. The topological polar surface area (TPSA) is 66.5 Å². The third-order valence-corrected chi connectivity index (χ3v) is 5.98. The number of nitrogens with zero attached hydrogens (tertiary/aromatic N) is 1. The van der Waals surface area contributed by atoms with Gasteiger partial charge in [0.1, 0.15) is 6.04 Å². The molecule has 0 bridgehead atoms. The van der Waals surface area contributed by atoms with E-state index in [1.54, 1.807) is 4.90 Å². The average Bonchev–Trinajstić information content (AvgIpc) is 2.91. The zero-order chi connectivity index (χ0) is 17.3. The molecular weight excluding hydrogens is 371 g/mol. The van der Waals surface area contributed by atoms with Gasteiger partial charge in [-0.15, -0.1) is 0 Å². The molecule has 8 heteroatoms. The van der Waals surface area contributed by atoms with Crippen molar-refractivity contribution in [2.24, 2.45) is 0 Å². The number of hydrogen-bond donors (Lipinski definition) is 1. The Hall–Kier alpha value is -1.60. The minimum Gasteiger partial charge on any atom is -0.311 e. The molecule has 5 nitrogen and oxygen atoms in total. The molecule has 1 aliphatic rings. The zero-order valence-corrected chi connectivity index (χ0v) is 14.8. The number of anilines is 1. The number of benzene rings is 2. The lowest BCUT2D eigenvalue weighted by molar-refractivity contribution is -0.118. The largest absolute Gasteiger partial charge is 0.311 e. The molecule has 0 spiro atoms. The van der Waals surface area contributed by atoms with Crippen molar-refractivity contribution in [2.45, 2.75) is 17.4 Å². The van der Waals surface area contributed by atoms with Crippen molar-refractivity contribution in [3.05, 3.63) is 58.6 Å². The predicted octanol–water partition coefficient (Wildman–Crippen LogP) is 3.08. The van der Waals surface area contributed by atoms with Gasteiger partial charge in [-0.2, -0.15) is 4.72 Å². The van der Waals surface area contributed by atoms with E-state index in [1.807, 2.05) is 30.3 Å². The Morgan fingerprint density at radius 3 is 2.42 bits per heavy atom. The summed E-state index contributed by atoms with van der Waals surface area (Å²) >= 11 is 11.7. The van der Waals surface area contributed by atoms with Crippen LogP contribution in [0.5, 0.6) is 0 Å². The first-order valence-electron chi connectivity index (χ1n) is 7.22. The van der Waals surface area contributed by atoms with Crippen molar-refractivity contribution in [2.75, 3.05) is 11.4 Å². The first-order chi connectivity index (χ1) is 11.4. The molecule has 2 aromatic rings. The second-order valence-electron chi connectivity index (χ2n) is 5.36. The Morgan fingerprint density at radius 2 is 1.75 bits per heavy atom. The van der Waals surface area contributed by atoms with Gasteiger partial charge in [0, 0.05) is 12.2 Å². The van der Waals surface area contributed by atoms with E-state index in [-0.39, 0.29) is 20.8 Å². The Bertz CT molecular complexity index is 872. The van der Waals surface area contributed by atoms with Crippen LogP contribution in [0, 0.1) is 0 Å². The number of para-hydroxylation sites is 1. The van der Waals surface area contributed by atoms with Crippen LogP contribution in [0.4, 0.5) is 5.69 Å². The summed E-state index contributed by atoms with van der Waals surface area (Å²) in [5, 5.41) is 0.408. The number of amides is 1. The van der Waals surface area contributed by atoms with E-state index < -0.39 is 16.1 Å². The van der Waals surface area contributed by atoms with Gasteiger partial charge in [0.2, 0.25) is 15.9 Å². The van der Waals surface area contributed by atoms with Gasteiger partial charge in [-0.3, -0.25) is 4.79 Å². The summed E-state index contributed by atoms with van der Waals surface area (Å²) < 4.78 is 27.4. The number of hydrogen-bond acceptors (Lipinski definition) is 3. The Labute approximate surface area is 150 Å². The smallest absolute Gasteiger partial charge is 0.245 e. The number of nitrogens with one attached hydrogen (secondary N) is 1. The molecule has 1 amide bonds. The van der Waals surface area contributed by atoms with Crippen molar-refractivity contribution >= 4 is 44.8 Å². The summed E-state index contributed by atoms with van der Waals surface area (Å²) in [5.74, 6) is -0.273. The van der Waals surface area contributed by atoms with Gasteiger partial charge in [0.05, 0.1) is 14.9 Å². The first kappa shape index (κ1) is 17.2. The normalized spacial score (nSPS) is 18.2. The zero-order valence-electron chi connectivity index (χ0n) is 12.4. The SMILES string of the molecule is O=C1C(NS(=O)(=O)c2ccc(Cl)c(Cl)c2)CCN1c1ccccc1. The summed E-state index contributed by atoms with van der Waals surface area (Å²) in [6, 6.07) is 12.4. The van der Waals surface area contributed by atoms with E-state index in [2.05, 4.69) is 4.72 Å². The fraction of sp³-hybridized carbons (Fsp3) is 0.188. The average molecular weight is 385 g/mol. The van der Waals surface area contributed by atoms with Crippen molar-refractivity contribution < 1.29 is 13.2 Å². The predicted molar refractivity (Wildman–Crippen MR) is 94.0 cm³/mol. The number of rotatable bonds is 4. The van der Waals surface area contributed by atoms with Crippen LogP contribution in [0.1, 0.15) is 6.42 Å². The van der Waals surface area contributed by atoms with Gasteiger partial charge < -0.3 is 4.90 Å². The van der Waals surface area contributed by atoms with Crippen molar-refractivity contribution in [1.29, 1.82) is 0 Å². The lowest BCUT2D eigenvalue weighted by atomic mass is 10.3. The van der Waals surface area contributed by atoms with E-state index in [0.717, 1.165) is 5.69 Å². The molecule has 0 saturated carbocycles. The lowest BCUT2D eigenvalue weighted by Crippen LogP contribution is -2.41. The van der Waals surface area contributed by atoms with E-state index >= 15 is 0 Å². The molecule has 1 N–H and O–H groups in total. The van der Waals surface area contributed by atoms with Crippen LogP contribution >= 0.6 is 23.2 Å². The Balaban J connectivity index is 1.78. The molecule has 1 heterocycles. The molecule has 1 unspecified atom stereocenters. The highest BCUT2D eigenvalue weighted by Gasteiger charge is 2.35. The van der Waals surface area contributed by atoms with Crippen LogP contribution in [-0.4, -0.2) is 26.9 Å². The third-order valence-electron chi connectivity index (χ3n) is 3.77. The van der Waals surface area contributed by atoms with Crippen molar-refractivity contribution in [3.8, 4) is 0 Å². The molecule has 1 saturated heterocycles. The highest BCUT2D eigenvalue weighted by Crippen LogP contribution is 2.26. The molecular formula is C16H14Cl2N2O3S. The second kappa shape index (κ2) is 6.72. The van der Waals surface area contributed by atoms with Crippen molar-refractivity contribution in [3.63, 3.8) is 0 Å². The molecule has 0 radical (unpaired) electrons. The Morgan fingerprint density at radius 1 is 1.04 bits per heavy atom. The van der Waals surface area contributed by atoms with E-state index in [4.69, 9.17) is 23.2 Å².